The zero-order valence-corrected chi connectivity index (χ0v) is 9.20. The van der Waals surface area contributed by atoms with Gasteiger partial charge in [0.25, 0.3) is 0 Å². The third-order valence-electron chi connectivity index (χ3n) is 2.06. The Morgan fingerprint density at radius 2 is 1.94 bits per heavy atom. The van der Waals surface area contributed by atoms with Gasteiger partial charge in [0.1, 0.15) is 11.9 Å². The van der Waals surface area contributed by atoms with Crippen LogP contribution in [0.5, 0.6) is 0 Å². The average Bonchev–Trinajstić information content (AvgIpc) is 2.25. The van der Waals surface area contributed by atoms with E-state index in [0.717, 1.165) is 12.1 Å². The molecule has 0 radical (unpaired) electrons. The molecular formula is C9H10ClF3N2O2. The summed E-state index contributed by atoms with van der Waals surface area (Å²) < 4.78 is 37.8. The van der Waals surface area contributed by atoms with E-state index in [2.05, 4.69) is 4.98 Å². The minimum Gasteiger partial charge on any atom is -0.389 e. The second kappa shape index (κ2) is 5.07. The predicted molar refractivity (Wildman–Crippen MR) is 55.3 cm³/mol. The van der Waals surface area contributed by atoms with E-state index in [1.165, 1.54) is 0 Å². The summed E-state index contributed by atoms with van der Waals surface area (Å²) in [6, 6.07) is 2.07. The summed E-state index contributed by atoms with van der Waals surface area (Å²) in [6.45, 7) is 0. The van der Waals surface area contributed by atoms with Crippen molar-refractivity contribution in [3.8, 4) is 0 Å². The number of rotatable bonds is 3. The van der Waals surface area contributed by atoms with E-state index in [4.69, 9.17) is 17.3 Å². The van der Waals surface area contributed by atoms with Crippen LogP contribution in [0.25, 0.3) is 0 Å². The van der Waals surface area contributed by atoms with Gasteiger partial charge in [0, 0.05) is 5.56 Å². The Kier molecular flexibility index (Phi) is 4.18. The molecule has 0 aliphatic carbocycles. The van der Waals surface area contributed by atoms with E-state index in [0.29, 0.717) is 0 Å². The highest BCUT2D eigenvalue weighted by Gasteiger charge is 2.38. The van der Waals surface area contributed by atoms with E-state index in [-0.39, 0.29) is 5.82 Å². The first kappa shape index (κ1) is 14.0. The number of nitrogens with zero attached hydrogens (tertiary/aromatic N) is 1. The maximum absolute atomic E-state index is 12.6. The van der Waals surface area contributed by atoms with Crippen molar-refractivity contribution in [2.24, 2.45) is 0 Å². The molecule has 4 N–H and O–H groups in total. The largest absolute Gasteiger partial charge is 0.433 e. The number of alkyl halides is 4. The molecule has 96 valence electrons. The molecule has 2 unspecified atom stereocenters. The van der Waals surface area contributed by atoms with Crippen LogP contribution in [0.2, 0.25) is 0 Å². The van der Waals surface area contributed by atoms with Crippen LogP contribution in [0.3, 0.4) is 0 Å². The first-order valence-electron chi connectivity index (χ1n) is 4.53. The first-order chi connectivity index (χ1) is 7.77. The van der Waals surface area contributed by atoms with Crippen LogP contribution in [-0.2, 0) is 6.18 Å². The van der Waals surface area contributed by atoms with E-state index in [1.807, 2.05) is 0 Å². The number of pyridine rings is 1. The van der Waals surface area contributed by atoms with E-state index in [9.17, 15) is 23.4 Å². The zero-order valence-electron chi connectivity index (χ0n) is 8.45. The number of aliphatic hydroxyl groups excluding tert-OH is 2. The summed E-state index contributed by atoms with van der Waals surface area (Å²) in [5.41, 5.74) is 3.27. The maximum Gasteiger partial charge on any atom is 0.433 e. The third kappa shape index (κ3) is 3.21. The van der Waals surface area contributed by atoms with Gasteiger partial charge in [-0.05, 0) is 6.07 Å². The van der Waals surface area contributed by atoms with Crippen LogP contribution in [0.4, 0.5) is 19.0 Å². The van der Waals surface area contributed by atoms with Crippen LogP contribution in [0, 0.1) is 0 Å². The molecule has 0 aliphatic heterocycles. The van der Waals surface area contributed by atoms with E-state index < -0.39 is 35.5 Å². The van der Waals surface area contributed by atoms with Crippen LogP contribution >= 0.6 is 11.6 Å². The highest BCUT2D eigenvalue weighted by Crippen LogP contribution is 2.34. The van der Waals surface area contributed by atoms with Crippen molar-refractivity contribution < 1.29 is 23.4 Å². The highest BCUT2D eigenvalue weighted by molar-refractivity contribution is 6.18. The lowest BCUT2D eigenvalue weighted by Gasteiger charge is -2.19. The Bertz CT molecular complexity index is 400. The second-order valence-electron chi connectivity index (χ2n) is 3.34. The lowest BCUT2D eigenvalue weighted by molar-refractivity contribution is -0.143. The monoisotopic (exact) mass is 270 g/mol. The summed E-state index contributed by atoms with van der Waals surface area (Å²) in [4.78, 5) is 3.12. The predicted octanol–water partition coefficient (Wildman–Crippen LogP) is 1.32. The Morgan fingerprint density at radius 1 is 1.35 bits per heavy atom. The van der Waals surface area contributed by atoms with Gasteiger partial charge in [0.15, 0.2) is 5.69 Å². The molecule has 0 amide bonds. The molecule has 4 nitrogen and oxygen atoms in total. The number of aliphatic hydroxyl groups is 2. The second-order valence-corrected chi connectivity index (χ2v) is 3.65. The SMILES string of the molecule is Nc1ccc(C(O)C(O)CCl)c(C(F)(F)F)n1. The van der Waals surface area contributed by atoms with Crippen molar-refractivity contribution in [1.29, 1.82) is 0 Å². The fraction of sp³-hybridized carbons (Fsp3) is 0.444. The molecule has 17 heavy (non-hydrogen) atoms. The van der Waals surface area contributed by atoms with Gasteiger partial charge in [-0.25, -0.2) is 4.98 Å². The smallest absolute Gasteiger partial charge is 0.389 e. The van der Waals surface area contributed by atoms with Gasteiger partial charge < -0.3 is 15.9 Å². The average molecular weight is 271 g/mol. The number of halogens is 4. The fourth-order valence-electron chi connectivity index (χ4n) is 1.24. The molecule has 0 saturated heterocycles. The summed E-state index contributed by atoms with van der Waals surface area (Å²) in [5.74, 6) is -0.725. The van der Waals surface area contributed by atoms with Crippen molar-refractivity contribution in [3.05, 3.63) is 23.4 Å². The molecule has 0 aliphatic rings. The first-order valence-corrected chi connectivity index (χ1v) is 5.06. The van der Waals surface area contributed by atoms with Gasteiger partial charge in [-0.3, -0.25) is 0 Å². The molecule has 0 aromatic carbocycles. The molecule has 1 rings (SSSR count). The Balaban J connectivity index is 3.24. The molecule has 8 heteroatoms. The highest BCUT2D eigenvalue weighted by atomic mass is 35.5. The molecule has 1 aromatic rings. The Morgan fingerprint density at radius 3 is 2.41 bits per heavy atom. The number of hydrogen-bond donors (Lipinski definition) is 3. The molecule has 0 fully saturated rings. The Labute approximate surface area is 99.8 Å². The lowest BCUT2D eigenvalue weighted by atomic mass is 10.0. The molecular weight excluding hydrogens is 261 g/mol. The number of nitrogen functional groups attached to an aromatic ring is 1. The molecule has 0 spiro atoms. The van der Waals surface area contributed by atoms with E-state index in [1.54, 1.807) is 0 Å². The molecule has 2 atom stereocenters. The normalized spacial score (nSPS) is 15.6. The van der Waals surface area contributed by atoms with Crippen LogP contribution in [0.1, 0.15) is 17.4 Å². The van der Waals surface area contributed by atoms with Gasteiger partial charge >= 0.3 is 6.18 Å². The maximum atomic E-state index is 12.6. The number of aromatic nitrogens is 1. The number of nitrogens with two attached hydrogens (primary N) is 1. The molecule has 0 bridgehead atoms. The van der Waals surface area contributed by atoms with Gasteiger partial charge in [-0.1, -0.05) is 6.07 Å². The summed E-state index contributed by atoms with van der Waals surface area (Å²) >= 11 is 5.26. The quantitative estimate of drug-likeness (QED) is 0.724. The minimum absolute atomic E-state index is 0.325. The van der Waals surface area contributed by atoms with Crippen molar-refractivity contribution >= 4 is 17.4 Å². The minimum atomic E-state index is -4.77. The van der Waals surface area contributed by atoms with Crippen molar-refractivity contribution in [2.45, 2.75) is 18.4 Å². The summed E-state index contributed by atoms with van der Waals surface area (Å²) in [6.07, 6.45) is -8.04. The van der Waals surface area contributed by atoms with Gasteiger partial charge in [-0.2, -0.15) is 13.2 Å². The number of anilines is 1. The number of hydrogen-bond acceptors (Lipinski definition) is 4. The Hall–Kier alpha value is -1.05. The summed E-state index contributed by atoms with van der Waals surface area (Å²) in [7, 11) is 0. The molecule has 1 aromatic heterocycles. The third-order valence-corrected chi connectivity index (χ3v) is 2.37. The van der Waals surface area contributed by atoms with Crippen molar-refractivity contribution in [3.63, 3.8) is 0 Å². The van der Waals surface area contributed by atoms with Gasteiger partial charge in [-0.15, -0.1) is 11.6 Å². The van der Waals surface area contributed by atoms with E-state index >= 15 is 0 Å². The molecule has 1 heterocycles. The van der Waals surface area contributed by atoms with Crippen molar-refractivity contribution in [2.75, 3.05) is 11.6 Å². The van der Waals surface area contributed by atoms with Crippen LogP contribution < -0.4 is 5.73 Å². The summed E-state index contributed by atoms with van der Waals surface area (Å²) in [5, 5.41) is 18.7. The zero-order chi connectivity index (χ0) is 13.2. The van der Waals surface area contributed by atoms with Gasteiger partial charge in [0.05, 0.1) is 12.0 Å². The topological polar surface area (TPSA) is 79.4 Å². The van der Waals surface area contributed by atoms with Crippen molar-refractivity contribution in [1.82, 2.24) is 4.98 Å². The lowest BCUT2D eigenvalue weighted by Crippen LogP contribution is -2.24. The fourth-order valence-corrected chi connectivity index (χ4v) is 1.41. The van der Waals surface area contributed by atoms with Crippen LogP contribution in [0.15, 0.2) is 12.1 Å². The molecule has 0 saturated carbocycles. The van der Waals surface area contributed by atoms with Crippen LogP contribution in [-0.4, -0.2) is 27.2 Å². The van der Waals surface area contributed by atoms with Gasteiger partial charge in [0.2, 0.25) is 0 Å². The standard InChI is InChI=1S/C9H10ClF3N2O2/c10-3-5(16)7(17)4-1-2-6(14)15-8(4)9(11,12)13/h1-2,5,7,16-17H,3H2,(H2,14,15).